The maximum Gasteiger partial charge on any atom is 0.472 e. The van der Waals surface area contributed by atoms with Crippen molar-refractivity contribution in [2.24, 2.45) is 0 Å². The van der Waals surface area contributed by atoms with Crippen LogP contribution in [0, 0.1) is 0 Å². The van der Waals surface area contributed by atoms with Crippen LogP contribution in [0.5, 0.6) is 0 Å². The number of carbonyl (C=O) groups excluding carboxylic acids is 4. The highest BCUT2D eigenvalue weighted by molar-refractivity contribution is 7.47. The zero-order valence-corrected chi connectivity index (χ0v) is 67.2. The fourth-order valence-corrected chi connectivity index (χ4v) is 12.3. The quantitative estimate of drug-likeness (QED) is 0.0169. The van der Waals surface area contributed by atoms with Gasteiger partial charge in [-0.25, -0.2) is 9.13 Å². The highest BCUT2D eigenvalue weighted by Gasteiger charge is 2.30. The Morgan fingerprint density at radius 3 is 0.798 bits per heavy atom. The van der Waals surface area contributed by atoms with E-state index in [1.54, 1.807) is 0 Å². The molecule has 0 saturated heterocycles. The average molecular weight is 1500 g/mol. The number of esters is 4. The zero-order chi connectivity index (χ0) is 76.0. The van der Waals surface area contributed by atoms with E-state index in [0.29, 0.717) is 25.7 Å². The second-order valence-corrected chi connectivity index (χ2v) is 29.9. The third kappa shape index (κ3) is 75.7. The predicted octanol–water partition coefficient (Wildman–Crippen LogP) is 23.9. The molecule has 0 aliphatic rings. The van der Waals surface area contributed by atoms with Gasteiger partial charge in [-0.15, -0.1) is 0 Å². The van der Waals surface area contributed by atoms with Crippen LogP contribution in [0.1, 0.15) is 336 Å². The summed E-state index contributed by atoms with van der Waals surface area (Å²) >= 11 is 0. The van der Waals surface area contributed by atoms with Gasteiger partial charge >= 0.3 is 39.5 Å². The van der Waals surface area contributed by atoms with Crippen molar-refractivity contribution in [1.82, 2.24) is 0 Å². The number of carbonyl (C=O) groups is 4. The van der Waals surface area contributed by atoms with E-state index in [4.69, 9.17) is 37.0 Å². The molecule has 0 fully saturated rings. The summed E-state index contributed by atoms with van der Waals surface area (Å²) in [6.07, 6.45) is 84.6. The molecule has 0 aliphatic heterocycles. The smallest absolute Gasteiger partial charge is 0.462 e. The number of allylic oxidation sites excluding steroid dienone is 20. The molecule has 0 aliphatic carbocycles. The molecule has 3 N–H and O–H groups in total. The lowest BCUT2D eigenvalue weighted by Gasteiger charge is -2.21. The first-order valence-electron chi connectivity index (χ1n) is 40.8. The number of hydrogen-bond donors (Lipinski definition) is 3. The van der Waals surface area contributed by atoms with Crippen LogP contribution in [-0.4, -0.2) is 96.7 Å². The second-order valence-electron chi connectivity index (χ2n) is 27.0. The van der Waals surface area contributed by atoms with Gasteiger partial charge in [0, 0.05) is 25.7 Å². The van der Waals surface area contributed by atoms with Gasteiger partial charge in [-0.2, -0.15) is 0 Å². The summed E-state index contributed by atoms with van der Waals surface area (Å²) < 4.78 is 68.6. The Balaban J connectivity index is 5.36. The fraction of sp³-hybridized carbons (Fsp3) is 0.718. The molecule has 0 radical (unpaired) electrons. The molecule has 19 heteroatoms. The van der Waals surface area contributed by atoms with E-state index in [0.717, 1.165) is 180 Å². The van der Waals surface area contributed by atoms with Crippen LogP contribution in [-0.2, 0) is 65.4 Å². The maximum atomic E-state index is 13.1. The molecule has 0 spiro atoms. The standard InChI is InChI=1S/C85H146O17P2/c1-5-9-13-17-21-25-29-33-35-37-39-41-43-47-49-53-57-61-65-69-82(87)95-75-80(101-84(89)71-67-63-59-55-51-45-31-27-23-19-15-11-7-3)77-99-103(91,92)97-73-79(86)74-98-104(93,94)100-78-81(102-85(90)72-68-64-60-56-52-46-32-28-24-20-16-12-8-4)76-96-83(88)70-66-62-58-54-50-48-44-42-40-38-36-34-30-26-22-18-14-10-6-2/h9-10,13-14,21-22,25-27,31,33-36,39-42,47,49,79-81,86H,5-8,11-12,15-20,23-24,28-30,32,37-38,43-46,48,50-78H2,1-4H3,(H,91,92)(H,93,94)/b13-9-,14-10-,25-21-,26-22-,31-27-,35-33-,36-34-,41-39-,42-40-,49-47-. The number of phosphoric acid groups is 2. The van der Waals surface area contributed by atoms with Gasteiger partial charge in [-0.3, -0.25) is 37.3 Å². The summed E-state index contributed by atoms with van der Waals surface area (Å²) in [7, 11) is -9.97. The SMILES string of the molecule is CC/C=C\C/C=C\C/C=C\C/C=C\C/C=C\CCCCCC(=O)OCC(COP(=O)(O)OCC(O)COP(=O)(O)OCC(COC(=O)CCCCCCCC/C=C\C/C=C\C/C=C\C/C=C\CC)OC(=O)CCCCCCCCCCCCCCC)OC(=O)CCCCCCC/C=C\CCCCCC. The van der Waals surface area contributed by atoms with Crippen molar-refractivity contribution in [2.75, 3.05) is 39.6 Å². The van der Waals surface area contributed by atoms with Crippen LogP contribution in [0.3, 0.4) is 0 Å². The Morgan fingerprint density at radius 1 is 0.279 bits per heavy atom. The minimum atomic E-state index is -4.99. The molecule has 0 amide bonds. The lowest BCUT2D eigenvalue weighted by molar-refractivity contribution is -0.161. The van der Waals surface area contributed by atoms with Crippen molar-refractivity contribution in [2.45, 2.75) is 354 Å². The number of hydrogen-bond acceptors (Lipinski definition) is 15. The molecule has 598 valence electrons. The van der Waals surface area contributed by atoms with E-state index in [1.165, 1.54) is 77.0 Å². The van der Waals surface area contributed by atoms with E-state index in [9.17, 15) is 43.2 Å². The van der Waals surface area contributed by atoms with Gasteiger partial charge in [0.1, 0.15) is 19.3 Å². The second kappa shape index (κ2) is 76.6. The van der Waals surface area contributed by atoms with Gasteiger partial charge < -0.3 is 33.8 Å². The summed E-state index contributed by atoms with van der Waals surface area (Å²) in [5.74, 6) is -2.22. The van der Waals surface area contributed by atoms with Crippen molar-refractivity contribution in [3.8, 4) is 0 Å². The predicted molar refractivity (Wildman–Crippen MR) is 427 cm³/mol. The number of unbranched alkanes of at least 4 members (excludes halogenated alkanes) is 30. The van der Waals surface area contributed by atoms with Gasteiger partial charge in [0.2, 0.25) is 0 Å². The highest BCUT2D eigenvalue weighted by Crippen LogP contribution is 2.45. The van der Waals surface area contributed by atoms with E-state index >= 15 is 0 Å². The van der Waals surface area contributed by atoms with E-state index in [2.05, 4.69) is 149 Å². The summed E-state index contributed by atoms with van der Waals surface area (Å²) in [4.78, 5) is 73.0. The Bertz CT molecular complexity index is 2440. The van der Waals surface area contributed by atoms with Crippen LogP contribution in [0.2, 0.25) is 0 Å². The summed E-state index contributed by atoms with van der Waals surface area (Å²) in [6, 6.07) is 0. The molecule has 0 aromatic heterocycles. The van der Waals surface area contributed by atoms with Crippen molar-refractivity contribution in [3.05, 3.63) is 122 Å². The molecule has 0 saturated carbocycles. The molecule has 0 heterocycles. The molecule has 5 atom stereocenters. The Hall–Kier alpha value is -4.54. The maximum absolute atomic E-state index is 13.1. The Labute approximate surface area is 632 Å². The molecule has 0 aromatic carbocycles. The third-order valence-electron chi connectivity index (χ3n) is 16.9. The van der Waals surface area contributed by atoms with Crippen molar-refractivity contribution in [1.29, 1.82) is 0 Å². The first kappa shape index (κ1) is 99.5. The first-order valence-corrected chi connectivity index (χ1v) is 43.8. The topological polar surface area (TPSA) is 237 Å². The fourth-order valence-electron chi connectivity index (χ4n) is 10.8. The normalized spacial score (nSPS) is 14.5. The average Bonchev–Trinajstić information content (AvgIpc) is 0.913. The molecular weight excluding hydrogens is 1350 g/mol. The Kier molecular flexibility index (Phi) is 73.3. The number of ether oxygens (including phenoxy) is 4. The monoisotopic (exact) mass is 1500 g/mol. The summed E-state index contributed by atoms with van der Waals surface area (Å²) in [5.41, 5.74) is 0. The molecule has 0 rings (SSSR count). The van der Waals surface area contributed by atoms with E-state index in [-0.39, 0.29) is 25.7 Å². The lowest BCUT2D eigenvalue weighted by atomic mass is 10.0. The first-order chi connectivity index (χ1) is 50.7. The number of phosphoric ester groups is 2. The minimum Gasteiger partial charge on any atom is -0.462 e. The van der Waals surface area contributed by atoms with E-state index < -0.39 is 97.5 Å². The van der Waals surface area contributed by atoms with Crippen molar-refractivity contribution in [3.63, 3.8) is 0 Å². The number of rotatable bonds is 76. The van der Waals surface area contributed by atoms with Crippen molar-refractivity contribution < 1.29 is 80.2 Å². The summed E-state index contributed by atoms with van der Waals surface area (Å²) in [6.45, 7) is 4.60. The molecular formula is C85H146O17P2. The van der Waals surface area contributed by atoms with E-state index in [1.807, 2.05) is 0 Å². The van der Waals surface area contributed by atoms with Crippen LogP contribution in [0.4, 0.5) is 0 Å². The number of aliphatic hydroxyl groups is 1. The van der Waals surface area contributed by atoms with Gasteiger partial charge in [0.05, 0.1) is 26.4 Å². The summed E-state index contributed by atoms with van der Waals surface area (Å²) in [5, 5.41) is 10.6. The molecule has 104 heavy (non-hydrogen) atoms. The molecule has 5 unspecified atom stereocenters. The van der Waals surface area contributed by atoms with Crippen LogP contribution < -0.4 is 0 Å². The largest absolute Gasteiger partial charge is 0.472 e. The van der Waals surface area contributed by atoms with Crippen LogP contribution in [0.25, 0.3) is 0 Å². The minimum absolute atomic E-state index is 0.0760. The molecule has 0 aromatic rings. The Morgan fingerprint density at radius 2 is 0.500 bits per heavy atom. The van der Waals surface area contributed by atoms with Crippen LogP contribution >= 0.6 is 15.6 Å². The molecule has 0 bridgehead atoms. The van der Waals surface area contributed by atoms with Crippen molar-refractivity contribution >= 4 is 39.5 Å². The lowest BCUT2D eigenvalue weighted by Crippen LogP contribution is -2.30. The van der Waals surface area contributed by atoms with Gasteiger partial charge in [-0.05, 0) is 135 Å². The third-order valence-corrected chi connectivity index (χ3v) is 18.8. The zero-order valence-electron chi connectivity index (χ0n) is 65.4. The van der Waals surface area contributed by atoms with Crippen LogP contribution in [0.15, 0.2) is 122 Å². The highest BCUT2D eigenvalue weighted by atomic mass is 31.2. The van der Waals surface area contributed by atoms with Gasteiger partial charge in [0.15, 0.2) is 12.2 Å². The van der Waals surface area contributed by atoms with Gasteiger partial charge in [-0.1, -0.05) is 297 Å². The van der Waals surface area contributed by atoms with Gasteiger partial charge in [0.25, 0.3) is 0 Å². The number of aliphatic hydroxyl groups excluding tert-OH is 1. The molecule has 17 nitrogen and oxygen atoms in total.